The number of fused-ring (bicyclic) bond motifs is 1. The lowest BCUT2D eigenvalue weighted by molar-refractivity contribution is -0.133. The van der Waals surface area contributed by atoms with Crippen LogP contribution in [0.25, 0.3) is 10.1 Å². The van der Waals surface area contributed by atoms with Gasteiger partial charge in [0.25, 0.3) is 0 Å². The second kappa shape index (κ2) is 9.40. The largest absolute Gasteiger partial charge is 0.341 e. The Kier molecular flexibility index (Phi) is 7.18. The maximum atomic E-state index is 13.1. The molecular weight excluding hydrogens is 376 g/mol. The molecule has 2 unspecified atom stereocenters. The number of thiophene rings is 1. The molecule has 2 aliphatic rings. The van der Waals surface area contributed by atoms with Crippen LogP contribution in [-0.2, 0) is 11.2 Å². The molecule has 0 spiro atoms. The number of amides is 1. The fourth-order valence-electron chi connectivity index (χ4n) is 4.90. The Balaban J connectivity index is 0.00000210. The van der Waals surface area contributed by atoms with Gasteiger partial charge in [0.1, 0.15) is 0 Å². The average molecular weight is 407 g/mol. The minimum Gasteiger partial charge on any atom is -0.341 e. The first kappa shape index (κ1) is 20.6. The second-order valence-corrected chi connectivity index (χ2v) is 8.89. The second-order valence-electron chi connectivity index (χ2n) is 7.95. The molecule has 0 N–H and O–H groups in total. The summed E-state index contributed by atoms with van der Waals surface area (Å²) in [4.78, 5) is 17.9. The summed E-state index contributed by atoms with van der Waals surface area (Å²) in [7, 11) is 2.04. The number of hydrogen-bond donors (Lipinski definition) is 0. The Hall–Kier alpha value is -1.10. The van der Waals surface area contributed by atoms with Crippen molar-refractivity contribution >= 4 is 39.7 Å². The maximum Gasteiger partial charge on any atom is 0.227 e. The fourth-order valence-corrected chi connectivity index (χ4v) is 5.74. The summed E-state index contributed by atoms with van der Waals surface area (Å²) in [6.07, 6.45) is 9.51. The maximum absolute atomic E-state index is 13.1. The number of halogens is 1. The van der Waals surface area contributed by atoms with Gasteiger partial charge in [0.2, 0.25) is 5.91 Å². The van der Waals surface area contributed by atoms with E-state index in [1.807, 2.05) is 7.05 Å². The molecule has 2 heterocycles. The summed E-state index contributed by atoms with van der Waals surface area (Å²) in [5.41, 5.74) is 1.17. The monoisotopic (exact) mass is 406 g/mol. The summed E-state index contributed by atoms with van der Waals surface area (Å²) in [5.74, 6) is 0.276. The first-order valence-electron chi connectivity index (χ1n) is 10.2. The van der Waals surface area contributed by atoms with Gasteiger partial charge in [-0.15, -0.1) is 23.7 Å². The predicted molar refractivity (Wildman–Crippen MR) is 117 cm³/mol. The highest BCUT2D eigenvalue weighted by atomic mass is 35.5. The quantitative estimate of drug-likeness (QED) is 0.703. The van der Waals surface area contributed by atoms with E-state index in [1.165, 1.54) is 67.3 Å². The molecular formula is C22H31ClN2OS. The standard InChI is InChI=1S/C22H30N2OS.ClH/c1-23(19-9-3-4-10-20(19)24-13-5-2-6-14-24)22(25)16-17-8-7-11-21-18(17)12-15-26-21;/h7-8,11-12,15,19-20H,2-6,9-10,13-14,16H2,1H3;1H. The SMILES string of the molecule is CN(C(=O)Cc1cccc2sccc12)C1CCCCC1N1CCCCC1.Cl. The van der Waals surface area contributed by atoms with Crippen LogP contribution in [0.5, 0.6) is 0 Å². The fraction of sp³-hybridized carbons (Fsp3) is 0.591. The van der Waals surface area contributed by atoms with Gasteiger partial charge in [0.15, 0.2) is 0 Å². The summed E-state index contributed by atoms with van der Waals surface area (Å²) in [6.45, 7) is 2.44. The Morgan fingerprint density at radius 3 is 2.70 bits per heavy atom. The van der Waals surface area contributed by atoms with E-state index in [0.29, 0.717) is 18.5 Å². The van der Waals surface area contributed by atoms with Crippen molar-refractivity contribution in [3.8, 4) is 0 Å². The van der Waals surface area contributed by atoms with Crippen molar-refractivity contribution in [3.63, 3.8) is 0 Å². The van der Waals surface area contributed by atoms with E-state index in [0.717, 1.165) is 6.42 Å². The minimum absolute atomic E-state index is 0. The number of carbonyl (C=O) groups is 1. The summed E-state index contributed by atoms with van der Waals surface area (Å²) >= 11 is 1.75. The molecule has 1 aliphatic carbocycles. The topological polar surface area (TPSA) is 23.6 Å². The molecule has 0 radical (unpaired) electrons. The van der Waals surface area contributed by atoms with Crippen LogP contribution in [0.3, 0.4) is 0 Å². The zero-order valence-corrected chi connectivity index (χ0v) is 17.9. The molecule has 1 saturated carbocycles. The van der Waals surface area contributed by atoms with Gasteiger partial charge < -0.3 is 4.90 Å². The van der Waals surface area contributed by atoms with Gasteiger partial charge in [-0.25, -0.2) is 0 Å². The third-order valence-corrected chi connectivity index (χ3v) is 7.25. The van der Waals surface area contributed by atoms with E-state index in [1.54, 1.807) is 11.3 Å². The molecule has 1 saturated heterocycles. The lowest BCUT2D eigenvalue weighted by Gasteiger charge is -2.45. The number of likely N-dealkylation sites (N-methyl/N-ethyl adjacent to an activating group) is 1. The van der Waals surface area contributed by atoms with E-state index in [4.69, 9.17) is 0 Å². The highest BCUT2D eigenvalue weighted by molar-refractivity contribution is 7.17. The normalized spacial score (nSPS) is 23.7. The number of likely N-dealkylation sites (tertiary alicyclic amines) is 1. The number of hydrogen-bond acceptors (Lipinski definition) is 3. The molecule has 1 aromatic carbocycles. The summed E-state index contributed by atoms with van der Waals surface area (Å²) < 4.78 is 1.28. The van der Waals surface area contributed by atoms with Crippen LogP contribution in [0, 0.1) is 0 Å². The van der Waals surface area contributed by atoms with Crippen molar-refractivity contribution in [2.75, 3.05) is 20.1 Å². The smallest absolute Gasteiger partial charge is 0.227 e. The van der Waals surface area contributed by atoms with Crippen molar-refractivity contribution in [2.45, 2.75) is 63.5 Å². The molecule has 1 aromatic heterocycles. The molecule has 3 nitrogen and oxygen atoms in total. The number of carbonyl (C=O) groups excluding carboxylic acids is 1. The molecule has 1 amide bonds. The Labute approximate surface area is 173 Å². The lowest BCUT2D eigenvalue weighted by atomic mass is 9.87. The molecule has 148 valence electrons. The third kappa shape index (κ3) is 4.49. The van der Waals surface area contributed by atoms with E-state index >= 15 is 0 Å². The highest BCUT2D eigenvalue weighted by Gasteiger charge is 2.34. The minimum atomic E-state index is 0. The molecule has 5 heteroatoms. The molecule has 1 aliphatic heterocycles. The zero-order chi connectivity index (χ0) is 17.9. The first-order valence-corrected chi connectivity index (χ1v) is 11.1. The van der Waals surface area contributed by atoms with Crippen molar-refractivity contribution in [3.05, 3.63) is 35.2 Å². The van der Waals surface area contributed by atoms with E-state index in [9.17, 15) is 4.79 Å². The van der Waals surface area contributed by atoms with Gasteiger partial charge in [-0.05, 0) is 67.2 Å². The first-order chi connectivity index (χ1) is 12.7. The molecule has 2 fully saturated rings. The van der Waals surface area contributed by atoms with Gasteiger partial charge in [-0.2, -0.15) is 0 Å². The number of nitrogens with zero attached hydrogens (tertiary/aromatic N) is 2. The van der Waals surface area contributed by atoms with Crippen LogP contribution in [0.2, 0.25) is 0 Å². The summed E-state index contributed by atoms with van der Waals surface area (Å²) in [5, 5.41) is 3.37. The van der Waals surface area contributed by atoms with E-state index in [2.05, 4.69) is 39.4 Å². The Bertz CT molecular complexity index is 756. The predicted octanol–water partition coefficient (Wildman–Crippen LogP) is 5.12. The number of rotatable bonds is 4. The van der Waals surface area contributed by atoms with Crippen LogP contribution >= 0.6 is 23.7 Å². The Morgan fingerprint density at radius 2 is 1.89 bits per heavy atom. The van der Waals surface area contributed by atoms with Crippen molar-refractivity contribution in [1.29, 1.82) is 0 Å². The van der Waals surface area contributed by atoms with E-state index in [-0.39, 0.29) is 18.3 Å². The highest BCUT2D eigenvalue weighted by Crippen LogP contribution is 2.30. The van der Waals surface area contributed by atoms with Crippen LogP contribution < -0.4 is 0 Å². The summed E-state index contributed by atoms with van der Waals surface area (Å²) in [6, 6.07) is 9.44. The molecule has 27 heavy (non-hydrogen) atoms. The number of piperidine rings is 1. The number of benzene rings is 1. The van der Waals surface area contributed by atoms with E-state index < -0.39 is 0 Å². The molecule has 4 rings (SSSR count). The van der Waals surface area contributed by atoms with Crippen molar-refractivity contribution in [2.24, 2.45) is 0 Å². The molecule has 2 aromatic rings. The van der Waals surface area contributed by atoms with Crippen LogP contribution in [0.15, 0.2) is 29.6 Å². The van der Waals surface area contributed by atoms with Crippen LogP contribution in [0.1, 0.15) is 50.5 Å². The zero-order valence-electron chi connectivity index (χ0n) is 16.2. The van der Waals surface area contributed by atoms with Gasteiger partial charge >= 0.3 is 0 Å². The van der Waals surface area contributed by atoms with Crippen molar-refractivity contribution < 1.29 is 4.79 Å². The average Bonchev–Trinajstić information content (AvgIpc) is 3.18. The lowest BCUT2D eigenvalue weighted by Crippen LogP contribution is -2.55. The van der Waals surface area contributed by atoms with Gasteiger partial charge in [-0.1, -0.05) is 31.4 Å². The van der Waals surface area contributed by atoms with Crippen LogP contribution in [0.4, 0.5) is 0 Å². The van der Waals surface area contributed by atoms with Crippen LogP contribution in [-0.4, -0.2) is 47.9 Å². The van der Waals surface area contributed by atoms with Crippen molar-refractivity contribution in [1.82, 2.24) is 9.80 Å². The Morgan fingerprint density at radius 1 is 1.11 bits per heavy atom. The van der Waals surface area contributed by atoms with Gasteiger partial charge in [0.05, 0.1) is 6.42 Å². The molecule has 0 bridgehead atoms. The molecule has 2 atom stereocenters. The van der Waals surface area contributed by atoms with Gasteiger partial charge in [0, 0.05) is 23.8 Å². The van der Waals surface area contributed by atoms with Gasteiger partial charge in [-0.3, -0.25) is 9.69 Å². The third-order valence-electron chi connectivity index (χ3n) is 6.37.